The minimum Gasteiger partial charge on any atom is -0.390 e. The van der Waals surface area contributed by atoms with Gasteiger partial charge in [-0.1, -0.05) is 18.1 Å². The van der Waals surface area contributed by atoms with Crippen molar-refractivity contribution >= 4 is 0 Å². The van der Waals surface area contributed by atoms with Gasteiger partial charge in [-0.05, 0) is 33.6 Å². The van der Waals surface area contributed by atoms with E-state index in [1.807, 2.05) is 6.92 Å². The van der Waals surface area contributed by atoms with Crippen molar-refractivity contribution in [3.05, 3.63) is 11.1 Å². The monoisotopic (exact) mass is 154 g/mol. The van der Waals surface area contributed by atoms with Gasteiger partial charge in [0.1, 0.15) is 0 Å². The molecule has 0 heterocycles. The molecule has 64 valence electrons. The molecule has 1 fully saturated rings. The minimum absolute atomic E-state index is 0.354. The van der Waals surface area contributed by atoms with Crippen LogP contribution in [0.25, 0.3) is 0 Å². The lowest BCUT2D eigenvalue weighted by Crippen LogP contribution is -2.27. The molecule has 0 aromatic rings. The number of hydrogen-bond acceptors (Lipinski definition) is 1. The van der Waals surface area contributed by atoms with E-state index in [-0.39, 0.29) is 0 Å². The molecule has 0 aromatic heterocycles. The number of rotatable bonds is 0. The van der Waals surface area contributed by atoms with Crippen molar-refractivity contribution in [2.24, 2.45) is 5.92 Å². The second-order valence-electron chi connectivity index (χ2n) is 4.10. The van der Waals surface area contributed by atoms with Gasteiger partial charge < -0.3 is 5.11 Å². The molecule has 2 atom stereocenters. The number of allylic oxidation sites excluding steroid dienone is 1. The molecule has 1 nitrogen and oxygen atoms in total. The van der Waals surface area contributed by atoms with Gasteiger partial charge in [-0.2, -0.15) is 0 Å². The van der Waals surface area contributed by atoms with Gasteiger partial charge in [0, 0.05) is 5.92 Å². The summed E-state index contributed by atoms with van der Waals surface area (Å²) in [5.74, 6) is 0.354. The maximum atomic E-state index is 9.85. The van der Waals surface area contributed by atoms with Crippen molar-refractivity contribution in [2.75, 3.05) is 0 Å². The summed E-state index contributed by atoms with van der Waals surface area (Å²) < 4.78 is 0. The van der Waals surface area contributed by atoms with Crippen LogP contribution in [-0.2, 0) is 0 Å². The lowest BCUT2D eigenvalue weighted by molar-refractivity contribution is 0.0350. The fourth-order valence-electron chi connectivity index (χ4n) is 1.88. The second-order valence-corrected chi connectivity index (χ2v) is 4.10. The third kappa shape index (κ3) is 1.48. The Labute approximate surface area is 69.1 Å². The first kappa shape index (κ1) is 8.79. The van der Waals surface area contributed by atoms with Gasteiger partial charge >= 0.3 is 0 Å². The van der Waals surface area contributed by atoms with Crippen LogP contribution in [-0.4, -0.2) is 10.7 Å². The van der Waals surface area contributed by atoms with Gasteiger partial charge in [0.05, 0.1) is 5.60 Å². The van der Waals surface area contributed by atoms with Crippen LogP contribution < -0.4 is 0 Å². The topological polar surface area (TPSA) is 20.2 Å². The molecule has 11 heavy (non-hydrogen) atoms. The molecule has 0 amide bonds. The average Bonchev–Trinajstić information content (AvgIpc) is 2.09. The Morgan fingerprint density at radius 2 is 2.09 bits per heavy atom. The molecular weight excluding hydrogens is 136 g/mol. The van der Waals surface area contributed by atoms with Gasteiger partial charge in [-0.3, -0.25) is 0 Å². The van der Waals surface area contributed by atoms with E-state index in [2.05, 4.69) is 20.8 Å². The zero-order chi connectivity index (χ0) is 8.65. The van der Waals surface area contributed by atoms with Gasteiger partial charge in [0.2, 0.25) is 0 Å². The molecule has 1 aliphatic carbocycles. The highest BCUT2D eigenvalue weighted by Crippen LogP contribution is 2.40. The van der Waals surface area contributed by atoms with Crippen molar-refractivity contribution in [1.82, 2.24) is 0 Å². The van der Waals surface area contributed by atoms with Crippen LogP contribution in [0.15, 0.2) is 11.1 Å². The number of hydrogen-bond donors (Lipinski definition) is 1. The van der Waals surface area contributed by atoms with Gasteiger partial charge in [-0.25, -0.2) is 0 Å². The molecule has 1 aliphatic rings. The summed E-state index contributed by atoms with van der Waals surface area (Å²) in [7, 11) is 0. The van der Waals surface area contributed by atoms with Crippen molar-refractivity contribution < 1.29 is 5.11 Å². The molecule has 0 aromatic carbocycles. The summed E-state index contributed by atoms with van der Waals surface area (Å²) in [5, 5.41) is 9.85. The minimum atomic E-state index is -0.452. The van der Waals surface area contributed by atoms with E-state index in [1.54, 1.807) is 0 Å². The third-order valence-electron chi connectivity index (χ3n) is 3.00. The fourth-order valence-corrected chi connectivity index (χ4v) is 1.88. The second kappa shape index (κ2) is 2.63. The van der Waals surface area contributed by atoms with E-state index in [4.69, 9.17) is 0 Å². The van der Waals surface area contributed by atoms with E-state index in [9.17, 15) is 5.11 Å². The molecule has 0 aliphatic heterocycles. The van der Waals surface area contributed by atoms with Crippen LogP contribution in [0.5, 0.6) is 0 Å². The Morgan fingerprint density at radius 3 is 2.27 bits per heavy atom. The molecule has 1 N–H and O–H groups in total. The summed E-state index contributed by atoms with van der Waals surface area (Å²) in [6, 6.07) is 0. The predicted octanol–water partition coefficient (Wildman–Crippen LogP) is 2.50. The van der Waals surface area contributed by atoms with Crippen LogP contribution in [0.3, 0.4) is 0 Å². The molecule has 0 bridgehead atoms. The highest BCUT2D eigenvalue weighted by Gasteiger charge is 2.37. The first-order valence-corrected chi connectivity index (χ1v) is 4.34. The fraction of sp³-hybridized carbons (Fsp3) is 0.800. The van der Waals surface area contributed by atoms with E-state index >= 15 is 0 Å². The van der Waals surface area contributed by atoms with Crippen molar-refractivity contribution in [3.63, 3.8) is 0 Å². The first-order chi connectivity index (χ1) is 4.95. The quantitative estimate of drug-likeness (QED) is 0.531. The summed E-state index contributed by atoms with van der Waals surface area (Å²) in [6.45, 7) is 8.32. The van der Waals surface area contributed by atoms with Crippen molar-refractivity contribution in [3.8, 4) is 0 Å². The summed E-state index contributed by atoms with van der Waals surface area (Å²) in [6.07, 6.45) is 2.01. The van der Waals surface area contributed by atoms with Crippen LogP contribution in [0, 0.1) is 5.92 Å². The van der Waals surface area contributed by atoms with E-state index < -0.39 is 5.60 Å². The Hall–Kier alpha value is -0.300. The van der Waals surface area contributed by atoms with E-state index in [0.717, 1.165) is 12.8 Å². The highest BCUT2D eigenvalue weighted by molar-refractivity contribution is 5.21. The molecule has 0 radical (unpaired) electrons. The molecule has 0 unspecified atom stereocenters. The summed E-state index contributed by atoms with van der Waals surface area (Å²) in [4.78, 5) is 0. The Morgan fingerprint density at radius 1 is 1.55 bits per heavy atom. The Kier molecular flexibility index (Phi) is 2.10. The normalized spacial score (nSPS) is 37.9. The molecule has 0 saturated heterocycles. The predicted molar refractivity (Wildman–Crippen MR) is 47.4 cm³/mol. The third-order valence-corrected chi connectivity index (χ3v) is 3.00. The molecular formula is C10H18O. The standard InChI is InChI=1S/C10H18O/c1-7(2)9-5-6-10(4,11)8(9)3/h8,11H,5-6H2,1-4H3/t8-,10+/m0/s1. The summed E-state index contributed by atoms with van der Waals surface area (Å²) in [5.41, 5.74) is 2.39. The highest BCUT2D eigenvalue weighted by atomic mass is 16.3. The maximum Gasteiger partial charge on any atom is 0.0685 e. The van der Waals surface area contributed by atoms with Gasteiger partial charge in [-0.15, -0.1) is 0 Å². The van der Waals surface area contributed by atoms with Crippen LogP contribution in [0.2, 0.25) is 0 Å². The average molecular weight is 154 g/mol. The van der Waals surface area contributed by atoms with Crippen LogP contribution in [0.1, 0.15) is 40.5 Å². The van der Waals surface area contributed by atoms with E-state index in [1.165, 1.54) is 11.1 Å². The van der Waals surface area contributed by atoms with Gasteiger partial charge in [0.15, 0.2) is 0 Å². The molecule has 1 saturated carbocycles. The zero-order valence-electron chi connectivity index (χ0n) is 7.94. The van der Waals surface area contributed by atoms with Crippen molar-refractivity contribution in [2.45, 2.75) is 46.1 Å². The lowest BCUT2D eigenvalue weighted by atomic mass is 9.91. The maximum absolute atomic E-state index is 9.85. The van der Waals surface area contributed by atoms with Crippen LogP contribution >= 0.6 is 0 Å². The van der Waals surface area contributed by atoms with E-state index in [0.29, 0.717) is 5.92 Å². The molecule has 0 spiro atoms. The molecule has 1 heteroatoms. The van der Waals surface area contributed by atoms with Gasteiger partial charge in [0.25, 0.3) is 0 Å². The zero-order valence-corrected chi connectivity index (χ0v) is 7.94. The SMILES string of the molecule is CC(C)=C1CC[C@@](C)(O)[C@H]1C. The van der Waals surface area contributed by atoms with Crippen molar-refractivity contribution in [1.29, 1.82) is 0 Å². The molecule has 1 rings (SSSR count). The smallest absolute Gasteiger partial charge is 0.0685 e. The largest absolute Gasteiger partial charge is 0.390 e. The summed E-state index contributed by atoms with van der Waals surface area (Å²) >= 11 is 0. The lowest BCUT2D eigenvalue weighted by Gasteiger charge is -2.22. The first-order valence-electron chi connectivity index (χ1n) is 4.34. The van der Waals surface area contributed by atoms with Crippen LogP contribution in [0.4, 0.5) is 0 Å². The Bertz CT molecular complexity index is 185. The number of aliphatic hydroxyl groups is 1. The Balaban J connectivity index is 2.88.